The lowest BCUT2D eigenvalue weighted by Gasteiger charge is -2.44. The molecule has 198 valence electrons. The highest BCUT2D eigenvalue weighted by Gasteiger charge is 2.37. The molecule has 0 heterocycles. The van der Waals surface area contributed by atoms with Gasteiger partial charge >= 0.3 is 0 Å². The molecule has 6 aliphatic rings. The standard InChI is InChI=1S/C27H51N3.3ClH/c28-15-1-16-29-17-2-18-30-27(13-11-25-19-21-3-7-23(25)8-4-21)14-12-26-20-22-5-9-24(26)10-6-22;;;/h21-27,29-30H,1-20,28H2;3*1H. The lowest BCUT2D eigenvalue weighted by Crippen LogP contribution is -2.36. The minimum atomic E-state index is 0. The summed E-state index contributed by atoms with van der Waals surface area (Å²) in [4.78, 5) is 0. The van der Waals surface area contributed by atoms with Gasteiger partial charge in [-0.05, 0) is 139 Å². The van der Waals surface area contributed by atoms with Crippen LogP contribution in [0.25, 0.3) is 0 Å². The van der Waals surface area contributed by atoms with Crippen molar-refractivity contribution >= 4 is 37.2 Å². The van der Waals surface area contributed by atoms with E-state index >= 15 is 0 Å². The predicted molar refractivity (Wildman–Crippen MR) is 150 cm³/mol. The summed E-state index contributed by atoms with van der Waals surface area (Å²) < 4.78 is 0. The van der Waals surface area contributed by atoms with Crippen molar-refractivity contribution in [3.05, 3.63) is 0 Å². The van der Waals surface area contributed by atoms with Crippen LogP contribution < -0.4 is 16.4 Å². The van der Waals surface area contributed by atoms with Gasteiger partial charge in [-0.2, -0.15) is 0 Å². The molecule has 0 saturated heterocycles. The second-order valence-corrected chi connectivity index (χ2v) is 11.6. The zero-order chi connectivity index (χ0) is 20.6. The van der Waals surface area contributed by atoms with Gasteiger partial charge in [0.15, 0.2) is 0 Å². The van der Waals surface area contributed by atoms with Crippen LogP contribution in [0.1, 0.15) is 103 Å². The molecule has 0 spiro atoms. The largest absolute Gasteiger partial charge is 0.330 e. The average molecular weight is 527 g/mol. The fraction of sp³-hybridized carbons (Fsp3) is 1.00. The maximum absolute atomic E-state index is 5.59. The van der Waals surface area contributed by atoms with Crippen LogP contribution in [0.3, 0.4) is 0 Å². The van der Waals surface area contributed by atoms with Crippen LogP contribution in [0.15, 0.2) is 0 Å². The summed E-state index contributed by atoms with van der Waals surface area (Å²) in [5, 5.41) is 7.56. The molecular formula is C27H54Cl3N3. The fourth-order valence-corrected chi connectivity index (χ4v) is 7.79. The quantitative estimate of drug-likeness (QED) is 0.219. The minimum absolute atomic E-state index is 0. The molecule has 6 rings (SSSR count). The van der Waals surface area contributed by atoms with E-state index in [9.17, 15) is 0 Å². The van der Waals surface area contributed by atoms with Crippen LogP contribution in [0.4, 0.5) is 0 Å². The maximum atomic E-state index is 5.59. The molecule has 6 saturated carbocycles. The molecule has 6 heteroatoms. The Morgan fingerprint density at radius 3 is 1.55 bits per heavy atom. The molecule has 0 aliphatic heterocycles. The molecule has 2 atom stereocenters. The van der Waals surface area contributed by atoms with Crippen LogP contribution in [0.2, 0.25) is 0 Å². The van der Waals surface area contributed by atoms with Gasteiger partial charge in [0.25, 0.3) is 0 Å². The monoisotopic (exact) mass is 525 g/mol. The van der Waals surface area contributed by atoms with Crippen molar-refractivity contribution in [2.24, 2.45) is 41.2 Å². The highest BCUT2D eigenvalue weighted by atomic mass is 35.5. The van der Waals surface area contributed by atoms with Gasteiger partial charge in [0.1, 0.15) is 0 Å². The lowest BCUT2D eigenvalue weighted by atomic mass is 9.63. The zero-order valence-electron chi connectivity index (χ0n) is 21.0. The summed E-state index contributed by atoms with van der Waals surface area (Å²) in [6.45, 7) is 4.21. The van der Waals surface area contributed by atoms with E-state index in [1.807, 2.05) is 0 Å². The Balaban J connectivity index is 0.00000181. The molecule has 0 radical (unpaired) electrons. The van der Waals surface area contributed by atoms with E-state index in [2.05, 4.69) is 10.6 Å². The third kappa shape index (κ3) is 9.96. The van der Waals surface area contributed by atoms with Crippen LogP contribution in [0.5, 0.6) is 0 Å². The van der Waals surface area contributed by atoms with Gasteiger partial charge in [-0.1, -0.05) is 25.7 Å². The van der Waals surface area contributed by atoms with E-state index in [0.29, 0.717) is 0 Å². The zero-order valence-corrected chi connectivity index (χ0v) is 23.4. The number of hydrogen-bond acceptors (Lipinski definition) is 3. The molecule has 3 nitrogen and oxygen atoms in total. The molecular weight excluding hydrogens is 473 g/mol. The highest BCUT2D eigenvalue weighted by Crippen LogP contribution is 2.48. The Bertz CT molecular complexity index is 445. The first-order chi connectivity index (χ1) is 14.8. The third-order valence-electron chi connectivity index (χ3n) is 9.68. The normalized spacial score (nSPS) is 33.0. The second-order valence-electron chi connectivity index (χ2n) is 11.6. The van der Waals surface area contributed by atoms with E-state index in [0.717, 1.165) is 67.6 Å². The minimum Gasteiger partial charge on any atom is -0.330 e. The number of rotatable bonds is 14. The maximum Gasteiger partial charge on any atom is 0.00672 e. The SMILES string of the molecule is Cl.Cl.Cl.NCCCNCCCNC(CCC1CC2CCC1CC2)CCC1CC2CCC1CC2. The fourth-order valence-electron chi connectivity index (χ4n) is 7.79. The highest BCUT2D eigenvalue weighted by molar-refractivity contribution is 5.86. The summed E-state index contributed by atoms with van der Waals surface area (Å²) in [6, 6.07) is 0.773. The number of fused-ring (bicyclic) bond motifs is 6. The van der Waals surface area contributed by atoms with Gasteiger partial charge in [0.05, 0.1) is 0 Å². The van der Waals surface area contributed by atoms with E-state index in [1.165, 1.54) is 38.6 Å². The molecule has 0 aromatic rings. The van der Waals surface area contributed by atoms with Crippen molar-refractivity contribution in [1.29, 1.82) is 0 Å². The van der Waals surface area contributed by atoms with Gasteiger partial charge < -0.3 is 16.4 Å². The third-order valence-corrected chi connectivity index (χ3v) is 9.68. The van der Waals surface area contributed by atoms with Crippen molar-refractivity contribution in [2.75, 3.05) is 26.2 Å². The van der Waals surface area contributed by atoms with Gasteiger partial charge in [0, 0.05) is 6.04 Å². The lowest BCUT2D eigenvalue weighted by molar-refractivity contribution is 0.0819. The number of halogens is 3. The van der Waals surface area contributed by atoms with E-state index in [-0.39, 0.29) is 37.2 Å². The first-order valence-electron chi connectivity index (χ1n) is 14.0. The first kappa shape index (κ1) is 31.8. The summed E-state index contributed by atoms with van der Waals surface area (Å²) in [6.07, 6.45) is 23.7. The Hall–Kier alpha value is 0.750. The summed E-state index contributed by atoms with van der Waals surface area (Å²) >= 11 is 0. The van der Waals surface area contributed by atoms with Crippen molar-refractivity contribution < 1.29 is 0 Å². The van der Waals surface area contributed by atoms with E-state index in [4.69, 9.17) is 5.73 Å². The molecule has 4 bridgehead atoms. The Morgan fingerprint density at radius 1 is 0.636 bits per heavy atom. The topological polar surface area (TPSA) is 50.1 Å². The van der Waals surface area contributed by atoms with Crippen molar-refractivity contribution in [3.63, 3.8) is 0 Å². The molecule has 0 amide bonds. The average Bonchev–Trinajstić information content (AvgIpc) is 2.81. The molecule has 2 unspecified atom stereocenters. The number of nitrogens with two attached hydrogens (primary N) is 1. The molecule has 0 aromatic carbocycles. The molecule has 0 aromatic heterocycles. The Labute approximate surface area is 223 Å². The van der Waals surface area contributed by atoms with Crippen molar-refractivity contribution in [3.8, 4) is 0 Å². The van der Waals surface area contributed by atoms with Gasteiger partial charge in [0.2, 0.25) is 0 Å². The molecule has 4 N–H and O–H groups in total. The Morgan fingerprint density at radius 2 is 1.12 bits per heavy atom. The summed E-state index contributed by atoms with van der Waals surface area (Å²) in [5.41, 5.74) is 5.59. The predicted octanol–water partition coefficient (Wildman–Crippen LogP) is 6.75. The van der Waals surface area contributed by atoms with Crippen LogP contribution in [0, 0.1) is 35.5 Å². The van der Waals surface area contributed by atoms with Crippen LogP contribution in [-0.4, -0.2) is 32.2 Å². The molecule has 6 fully saturated rings. The molecule has 6 aliphatic carbocycles. The Kier molecular flexibility index (Phi) is 16.6. The smallest absolute Gasteiger partial charge is 0.00672 e. The second kappa shape index (κ2) is 17.2. The summed E-state index contributed by atoms with van der Waals surface area (Å²) in [5.74, 6) is 6.45. The number of hydrogen-bond donors (Lipinski definition) is 3. The van der Waals surface area contributed by atoms with Crippen LogP contribution >= 0.6 is 37.2 Å². The van der Waals surface area contributed by atoms with E-state index < -0.39 is 0 Å². The van der Waals surface area contributed by atoms with Crippen molar-refractivity contribution in [2.45, 2.75) is 109 Å². The van der Waals surface area contributed by atoms with Crippen LogP contribution in [-0.2, 0) is 0 Å². The van der Waals surface area contributed by atoms with E-state index in [1.54, 1.807) is 64.2 Å². The van der Waals surface area contributed by atoms with Crippen molar-refractivity contribution in [1.82, 2.24) is 10.6 Å². The van der Waals surface area contributed by atoms with Gasteiger partial charge in [-0.25, -0.2) is 0 Å². The first-order valence-corrected chi connectivity index (χ1v) is 14.0. The number of nitrogens with one attached hydrogen (secondary N) is 2. The van der Waals surface area contributed by atoms with Gasteiger partial charge in [-0.15, -0.1) is 37.2 Å². The van der Waals surface area contributed by atoms with Gasteiger partial charge in [-0.3, -0.25) is 0 Å². The summed E-state index contributed by atoms with van der Waals surface area (Å²) in [7, 11) is 0. The molecule has 33 heavy (non-hydrogen) atoms.